The van der Waals surface area contributed by atoms with Crippen molar-refractivity contribution in [2.24, 2.45) is 5.73 Å². The van der Waals surface area contributed by atoms with Crippen LogP contribution in [0.1, 0.15) is 26.7 Å². The van der Waals surface area contributed by atoms with Crippen LogP contribution in [0.4, 0.5) is 0 Å². The van der Waals surface area contributed by atoms with Crippen molar-refractivity contribution < 1.29 is 14.3 Å². The number of carbonyl (C=O) groups excluding carboxylic acids is 1. The Hall–Kier alpha value is -0.650. The molecule has 0 aromatic carbocycles. The van der Waals surface area contributed by atoms with Crippen molar-refractivity contribution >= 4 is 5.97 Å². The molecule has 1 unspecified atom stereocenters. The minimum atomic E-state index is -0.877. The van der Waals surface area contributed by atoms with Crippen LogP contribution in [0.5, 0.6) is 0 Å². The summed E-state index contributed by atoms with van der Waals surface area (Å²) in [7, 11) is 3.71. The van der Waals surface area contributed by atoms with E-state index in [1.807, 2.05) is 7.05 Å². The van der Waals surface area contributed by atoms with Crippen molar-refractivity contribution in [1.82, 2.24) is 4.90 Å². The van der Waals surface area contributed by atoms with Gasteiger partial charge in [0.1, 0.15) is 5.54 Å². The molecule has 0 saturated carbocycles. The van der Waals surface area contributed by atoms with E-state index in [1.54, 1.807) is 21.0 Å². The normalized spacial score (nSPS) is 14.7. The van der Waals surface area contributed by atoms with Crippen molar-refractivity contribution in [3.8, 4) is 0 Å². The summed E-state index contributed by atoms with van der Waals surface area (Å²) in [5.74, 6) is -0.320. The molecule has 102 valence electrons. The van der Waals surface area contributed by atoms with Gasteiger partial charge in [0, 0.05) is 13.7 Å². The largest absolute Gasteiger partial charge is 0.465 e. The van der Waals surface area contributed by atoms with Crippen LogP contribution in [0.25, 0.3) is 0 Å². The first-order valence-electron chi connectivity index (χ1n) is 6.07. The molecule has 5 heteroatoms. The average Bonchev–Trinajstić information content (AvgIpc) is 2.26. The Morgan fingerprint density at radius 3 is 2.59 bits per heavy atom. The Morgan fingerprint density at radius 2 is 2.06 bits per heavy atom. The summed E-state index contributed by atoms with van der Waals surface area (Å²) in [6.45, 7) is 6.38. The van der Waals surface area contributed by atoms with E-state index in [0.717, 1.165) is 19.5 Å². The van der Waals surface area contributed by atoms with Crippen molar-refractivity contribution in [1.29, 1.82) is 0 Å². The maximum absolute atomic E-state index is 11.5. The molecule has 17 heavy (non-hydrogen) atoms. The van der Waals surface area contributed by atoms with Crippen molar-refractivity contribution in [3.63, 3.8) is 0 Å². The number of hydrogen-bond acceptors (Lipinski definition) is 5. The highest BCUT2D eigenvalue weighted by Gasteiger charge is 2.29. The lowest BCUT2D eigenvalue weighted by atomic mass is 9.97. The summed E-state index contributed by atoms with van der Waals surface area (Å²) in [4.78, 5) is 13.7. The Balaban J connectivity index is 3.82. The molecular weight excluding hydrogens is 220 g/mol. The molecular formula is C12H26N2O3. The fourth-order valence-corrected chi connectivity index (χ4v) is 1.47. The van der Waals surface area contributed by atoms with E-state index in [2.05, 4.69) is 4.90 Å². The van der Waals surface area contributed by atoms with Gasteiger partial charge in [-0.3, -0.25) is 4.79 Å². The Bertz CT molecular complexity index is 220. The Morgan fingerprint density at radius 1 is 1.41 bits per heavy atom. The Labute approximate surface area is 104 Å². The summed E-state index contributed by atoms with van der Waals surface area (Å²) in [6.07, 6.45) is 1.50. The SMILES string of the molecule is CCOC(=O)C(C)(N)CCCN(C)CCOC. The van der Waals surface area contributed by atoms with Crippen LogP contribution in [0, 0.1) is 0 Å². The van der Waals surface area contributed by atoms with Crippen LogP contribution in [-0.2, 0) is 14.3 Å². The van der Waals surface area contributed by atoms with Gasteiger partial charge in [-0.15, -0.1) is 0 Å². The molecule has 1 atom stereocenters. The second-order valence-electron chi connectivity index (χ2n) is 4.54. The molecule has 0 saturated heterocycles. The molecule has 2 N–H and O–H groups in total. The van der Waals surface area contributed by atoms with Gasteiger partial charge in [0.05, 0.1) is 13.2 Å². The fourth-order valence-electron chi connectivity index (χ4n) is 1.47. The van der Waals surface area contributed by atoms with Crippen LogP contribution in [0.2, 0.25) is 0 Å². The number of rotatable bonds is 9. The minimum Gasteiger partial charge on any atom is -0.465 e. The number of likely N-dealkylation sites (N-methyl/N-ethyl adjacent to an activating group) is 1. The lowest BCUT2D eigenvalue weighted by Crippen LogP contribution is -2.46. The highest BCUT2D eigenvalue weighted by molar-refractivity contribution is 5.79. The number of esters is 1. The number of carbonyl (C=O) groups is 1. The number of ether oxygens (including phenoxy) is 2. The smallest absolute Gasteiger partial charge is 0.325 e. The van der Waals surface area contributed by atoms with Gasteiger partial charge in [-0.05, 0) is 40.3 Å². The van der Waals surface area contributed by atoms with Gasteiger partial charge >= 0.3 is 5.97 Å². The van der Waals surface area contributed by atoms with Crippen LogP contribution < -0.4 is 5.73 Å². The molecule has 0 heterocycles. The lowest BCUT2D eigenvalue weighted by Gasteiger charge is -2.23. The van der Waals surface area contributed by atoms with Gasteiger partial charge in [0.25, 0.3) is 0 Å². The van der Waals surface area contributed by atoms with Gasteiger partial charge in [-0.2, -0.15) is 0 Å². The predicted molar refractivity (Wildman–Crippen MR) is 67.8 cm³/mol. The van der Waals surface area contributed by atoms with Crippen LogP contribution in [0.3, 0.4) is 0 Å². The first-order valence-corrected chi connectivity index (χ1v) is 6.07. The molecule has 0 radical (unpaired) electrons. The molecule has 0 aliphatic rings. The fraction of sp³-hybridized carbons (Fsp3) is 0.917. The van der Waals surface area contributed by atoms with Gasteiger partial charge in [0.15, 0.2) is 0 Å². The standard InChI is InChI=1S/C12H26N2O3/c1-5-17-11(15)12(2,13)7-6-8-14(3)9-10-16-4/h5-10,13H2,1-4H3. The summed E-state index contributed by atoms with van der Waals surface area (Å²) in [5, 5.41) is 0. The third-order valence-corrected chi connectivity index (χ3v) is 2.65. The van der Waals surface area contributed by atoms with Crippen LogP contribution in [0.15, 0.2) is 0 Å². The van der Waals surface area contributed by atoms with Crippen molar-refractivity contribution in [2.75, 3.05) is 40.5 Å². The lowest BCUT2D eigenvalue weighted by molar-refractivity contribution is -0.149. The van der Waals surface area contributed by atoms with E-state index in [1.165, 1.54) is 0 Å². The van der Waals surface area contributed by atoms with Gasteiger partial charge in [0.2, 0.25) is 0 Å². The zero-order valence-electron chi connectivity index (χ0n) is 11.5. The number of nitrogens with two attached hydrogens (primary N) is 1. The zero-order chi connectivity index (χ0) is 13.3. The molecule has 0 aromatic heterocycles. The molecule has 0 aliphatic carbocycles. The van der Waals surface area contributed by atoms with E-state index >= 15 is 0 Å². The maximum Gasteiger partial charge on any atom is 0.325 e. The summed E-state index contributed by atoms with van der Waals surface area (Å²) >= 11 is 0. The summed E-state index contributed by atoms with van der Waals surface area (Å²) in [6, 6.07) is 0. The molecule has 0 bridgehead atoms. The van der Waals surface area contributed by atoms with Gasteiger partial charge in [-0.25, -0.2) is 0 Å². The average molecular weight is 246 g/mol. The first kappa shape index (κ1) is 16.4. The summed E-state index contributed by atoms with van der Waals surface area (Å²) < 4.78 is 9.92. The molecule has 5 nitrogen and oxygen atoms in total. The number of hydrogen-bond donors (Lipinski definition) is 1. The van der Waals surface area contributed by atoms with Crippen molar-refractivity contribution in [3.05, 3.63) is 0 Å². The molecule has 0 amide bonds. The van der Waals surface area contributed by atoms with Crippen LogP contribution in [-0.4, -0.2) is 56.9 Å². The summed E-state index contributed by atoms with van der Waals surface area (Å²) in [5.41, 5.74) is 5.04. The molecule has 0 spiro atoms. The molecule has 0 fully saturated rings. The maximum atomic E-state index is 11.5. The highest BCUT2D eigenvalue weighted by Crippen LogP contribution is 2.11. The third-order valence-electron chi connectivity index (χ3n) is 2.65. The van der Waals surface area contributed by atoms with Crippen molar-refractivity contribution in [2.45, 2.75) is 32.2 Å². The van der Waals surface area contributed by atoms with Gasteiger partial charge in [-0.1, -0.05) is 0 Å². The second-order valence-corrected chi connectivity index (χ2v) is 4.54. The first-order chi connectivity index (χ1) is 7.94. The molecule has 0 aromatic rings. The molecule has 0 aliphatic heterocycles. The highest BCUT2D eigenvalue weighted by atomic mass is 16.5. The zero-order valence-corrected chi connectivity index (χ0v) is 11.5. The van der Waals surface area contributed by atoms with E-state index in [4.69, 9.17) is 15.2 Å². The molecule has 0 rings (SSSR count). The second kappa shape index (κ2) is 8.44. The van der Waals surface area contributed by atoms with E-state index in [0.29, 0.717) is 19.6 Å². The topological polar surface area (TPSA) is 64.8 Å². The van der Waals surface area contributed by atoms with Crippen LogP contribution >= 0.6 is 0 Å². The minimum absolute atomic E-state index is 0.320. The number of methoxy groups -OCH3 is 1. The quantitative estimate of drug-likeness (QED) is 0.604. The number of nitrogens with zero attached hydrogens (tertiary/aromatic N) is 1. The van der Waals surface area contributed by atoms with E-state index < -0.39 is 5.54 Å². The third kappa shape index (κ3) is 7.31. The monoisotopic (exact) mass is 246 g/mol. The predicted octanol–water partition coefficient (Wildman–Crippen LogP) is 0.625. The Kier molecular flexibility index (Phi) is 8.12. The van der Waals surface area contributed by atoms with E-state index in [9.17, 15) is 4.79 Å². The van der Waals surface area contributed by atoms with E-state index in [-0.39, 0.29) is 5.97 Å². The van der Waals surface area contributed by atoms with Gasteiger partial charge < -0.3 is 20.1 Å².